The lowest BCUT2D eigenvalue weighted by atomic mass is 10.2. The van der Waals surface area contributed by atoms with E-state index in [2.05, 4.69) is 0 Å². The van der Waals surface area contributed by atoms with Gasteiger partial charge in [0.2, 0.25) is 0 Å². The lowest BCUT2D eigenvalue weighted by Gasteiger charge is -2.02. The zero-order valence-corrected chi connectivity index (χ0v) is 11.5. The molecule has 0 aliphatic carbocycles. The van der Waals surface area contributed by atoms with E-state index in [9.17, 15) is 14.7 Å². The summed E-state index contributed by atoms with van der Waals surface area (Å²) in [7, 11) is 0. The molecule has 21 heavy (non-hydrogen) atoms. The largest absolute Gasteiger partial charge is 0.507 e. The number of carbonyl (C=O) groups is 2. The molecule has 0 atom stereocenters. The van der Waals surface area contributed by atoms with Crippen molar-refractivity contribution in [1.82, 2.24) is 0 Å². The summed E-state index contributed by atoms with van der Waals surface area (Å²) in [6.07, 6.45) is 0. The zero-order valence-electron chi connectivity index (χ0n) is 11.5. The first kappa shape index (κ1) is 16.2. The van der Waals surface area contributed by atoms with Gasteiger partial charge in [-0.15, -0.1) is 0 Å². The van der Waals surface area contributed by atoms with Gasteiger partial charge in [-0.3, -0.25) is 0 Å². The molecule has 2 rings (SSSR count). The van der Waals surface area contributed by atoms with Gasteiger partial charge in [0.25, 0.3) is 0 Å². The van der Waals surface area contributed by atoms with Crippen LogP contribution < -0.4 is 0 Å². The number of esters is 1. The van der Waals surface area contributed by atoms with Gasteiger partial charge in [0.1, 0.15) is 11.3 Å². The monoisotopic (exact) mass is 288 g/mol. The molecule has 0 unspecified atom stereocenters. The molecule has 0 aliphatic rings. The molecule has 2 N–H and O–H groups in total. The average molecular weight is 288 g/mol. The van der Waals surface area contributed by atoms with Gasteiger partial charge in [-0.2, -0.15) is 0 Å². The van der Waals surface area contributed by atoms with Crippen molar-refractivity contribution >= 4 is 11.9 Å². The van der Waals surface area contributed by atoms with Crippen LogP contribution in [0.25, 0.3) is 0 Å². The minimum Gasteiger partial charge on any atom is -0.507 e. The molecule has 110 valence electrons. The summed E-state index contributed by atoms with van der Waals surface area (Å²) in [4.78, 5) is 21.3. The van der Waals surface area contributed by atoms with Gasteiger partial charge >= 0.3 is 11.9 Å². The molecular formula is C16H16O5. The fourth-order valence-corrected chi connectivity index (χ4v) is 1.44. The van der Waals surface area contributed by atoms with Gasteiger partial charge in [-0.25, -0.2) is 9.59 Å². The van der Waals surface area contributed by atoms with E-state index in [0.29, 0.717) is 12.2 Å². The van der Waals surface area contributed by atoms with Crippen LogP contribution in [0.2, 0.25) is 0 Å². The summed E-state index contributed by atoms with van der Waals surface area (Å²) in [5.41, 5.74) is 0.539. The molecule has 5 nitrogen and oxygen atoms in total. The summed E-state index contributed by atoms with van der Waals surface area (Å²) in [6.45, 7) is 2.03. The maximum absolute atomic E-state index is 11.1. The smallest absolute Gasteiger partial charge is 0.341 e. The molecule has 0 fully saturated rings. The Kier molecular flexibility index (Phi) is 6.47. The Bertz CT molecular complexity index is 593. The molecule has 0 saturated heterocycles. The highest BCUT2D eigenvalue weighted by molar-refractivity contribution is 5.92. The molecule has 0 spiro atoms. The number of para-hydroxylation sites is 1. The summed E-state index contributed by atoms with van der Waals surface area (Å²) < 4.78 is 4.71. The topological polar surface area (TPSA) is 83.8 Å². The van der Waals surface area contributed by atoms with Crippen molar-refractivity contribution in [3.8, 4) is 5.75 Å². The van der Waals surface area contributed by atoms with E-state index in [1.54, 1.807) is 49.4 Å². The molecule has 0 aromatic heterocycles. The Labute approximate surface area is 122 Å². The number of hydrogen-bond acceptors (Lipinski definition) is 4. The predicted octanol–water partition coefficient (Wildman–Crippen LogP) is 2.95. The lowest BCUT2D eigenvalue weighted by molar-refractivity contribution is 0.0522. The summed E-state index contributed by atoms with van der Waals surface area (Å²) >= 11 is 0. The number of phenols is 1. The highest BCUT2D eigenvalue weighted by Crippen LogP contribution is 2.16. The minimum atomic E-state index is -0.879. The van der Waals surface area contributed by atoms with Crippen molar-refractivity contribution in [2.75, 3.05) is 6.61 Å². The molecule has 0 heterocycles. The number of hydrogen-bond donors (Lipinski definition) is 2. The van der Waals surface area contributed by atoms with Crippen molar-refractivity contribution in [3.63, 3.8) is 0 Å². The summed E-state index contributed by atoms with van der Waals surface area (Å²) in [5, 5.41) is 17.6. The number of aromatic hydroxyl groups is 1. The van der Waals surface area contributed by atoms with Crippen molar-refractivity contribution in [1.29, 1.82) is 0 Å². The maximum Gasteiger partial charge on any atom is 0.341 e. The summed E-state index contributed by atoms with van der Waals surface area (Å²) in [6, 6.07) is 14.6. The van der Waals surface area contributed by atoms with Gasteiger partial charge in [0.15, 0.2) is 0 Å². The Balaban J connectivity index is 0.000000219. The molecule has 2 aromatic rings. The SMILES string of the molecule is CCOC(=O)c1ccccc1O.O=C(O)c1ccccc1. The Hall–Kier alpha value is -2.82. The van der Waals surface area contributed by atoms with Crippen molar-refractivity contribution in [2.45, 2.75) is 6.92 Å². The van der Waals surface area contributed by atoms with Crippen LogP contribution in [0.5, 0.6) is 5.75 Å². The third kappa shape index (κ3) is 5.36. The van der Waals surface area contributed by atoms with Crippen molar-refractivity contribution < 1.29 is 24.5 Å². The third-order valence-corrected chi connectivity index (χ3v) is 2.42. The van der Waals surface area contributed by atoms with Crippen LogP contribution in [-0.4, -0.2) is 28.8 Å². The number of phenolic OH excluding ortho intramolecular Hbond substituents is 1. The van der Waals surface area contributed by atoms with Gasteiger partial charge < -0.3 is 14.9 Å². The van der Waals surface area contributed by atoms with Crippen LogP contribution in [0.15, 0.2) is 54.6 Å². The third-order valence-electron chi connectivity index (χ3n) is 2.42. The lowest BCUT2D eigenvalue weighted by Crippen LogP contribution is -2.04. The first-order valence-electron chi connectivity index (χ1n) is 6.29. The van der Waals surface area contributed by atoms with Crippen LogP contribution in [0.3, 0.4) is 0 Å². The van der Waals surface area contributed by atoms with Gasteiger partial charge in [0, 0.05) is 0 Å². The van der Waals surface area contributed by atoms with E-state index in [4.69, 9.17) is 9.84 Å². The van der Waals surface area contributed by atoms with E-state index in [0.717, 1.165) is 0 Å². The van der Waals surface area contributed by atoms with Crippen LogP contribution >= 0.6 is 0 Å². The molecule has 0 aliphatic heterocycles. The van der Waals surface area contributed by atoms with Crippen LogP contribution in [0, 0.1) is 0 Å². The number of carboxylic acids is 1. The molecular weight excluding hydrogens is 272 g/mol. The summed E-state index contributed by atoms with van der Waals surface area (Å²) in [5.74, 6) is -1.41. The Morgan fingerprint density at radius 3 is 2.05 bits per heavy atom. The first-order chi connectivity index (χ1) is 10.1. The minimum absolute atomic E-state index is 0.0454. The quantitative estimate of drug-likeness (QED) is 0.848. The van der Waals surface area contributed by atoms with E-state index in [1.165, 1.54) is 12.1 Å². The van der Waals surface area contributed by atoms with Crippen LogP contribution in [-0.2, 0) is 4.74 Å². The highest BCUT2D eigenvalue weighted by Gasteiger charge is 2.09. The molecule has 0 radical (unpaired) electrons. The van der Waals surface area contributed by atoms with Gasteiger partial charge in [-0.05, 0) is 31.2 Å². The predicted molar refractivity (Wildman–Crippen MR) is 77.5 cm³/mol. The first-order valence-corrected chi connectivity index (χ1v) is 6.29. The number of carbonyl (C=O) groups excluding carboxylic acids is 1. The van der Waals surface area contributed by atoms with Gasteiger partial charge in [0.05, 0.1) is 12.2 Å². The highest BCUT2D eigenvalue weighted by atomic mass is 16.5. The fourth-order valence-electron chi connectivity index (χ4n) is 1.44. The average Bonchev–Trinajstić information content (AvgIpc) is 2.49. The standard InChI is InChI=1S/C9H10O3.C7H6O2/c1-2-12-9(11)7-5-3-4-6-8(7)10;8-7(9)6-4-2-1-3-5-6/h3-6,10H,2H2,1H3;1-5H,(H,8,9). The number of ether oxygens (including phenoxy) is 1. The second-order valence-electron chi connectivity index (χ2n) is 3.91. The van der Waals surface area contributed by atoms with E-state index < -0.39 is 11.9 Å². The van der Waals surface area contributed by atoms with E-state index >= 15 is 0 Å². The number of aromatic carboxylic acids is 1. The van der Waals surface area contributed by atoms with Gasteiger partial charge in [-0.1, -0.05) is 30.3 Å². The van der Waals surface area contributed by atoms with E-state index in [1.807, 2.05) is 0 Å². The Morgan fingerprint density at radius 2 is 1.57 bits per heavy atom. The normalized spacial score (nSPS) is 9.19. The number of carboxylic acid groups (broad SMARTS) is 1. The molecule has 0 saturated carbocycles. The number of benzene rings is 2. The van der Waals surface area contributed by atoms with Crippen molar-refractivity contribution in [2.24, 2.45) is 0 Å². The zero-order chi connectivity index (χ0) is 15.7. The van der Waals surface area contributed by atoms with Crippen LogP contribution in [0.1, 0.15) is 27.6 Å². The second-order valence-corrected chi connectivity index (χ2v) is 3.91. The Morgan fingerprint density at radius 1 is 1.00 bits per heavy atom. The molecule has 2 aromatic carbocycles. The molecule has 5 heteroatoms. The molecule has 0 amide bonds. The second kappa shape index (κ2) is 8.37. The van der Waals surface area contributed by atoms with Crippen LogP contribution in [0.4, 0.5) is 0 Å². The molecule has 0 bridgehead atoms. The number of rotatable bonds is 3. The fraction of sp³-hybridized carbons (Fsp3) is 0.125. The van der Waals surface area contributed by atoms with Crippen molar-refractivity contribution in [3.05, 3.63) is 65.7 Å². The van der Waals surface area contributed by atoms with E-state index in [-0.39, 0.29) is 11.3 Å². The maximum atomic E-state index is 11.1.